The zero-order valence-corrected chi connectivity index (χ0v) is 14.6. The average Bonchev–Trinajstić information content (AvgIpc) is 2.83. The molecular weight excluding hydrogens is 414 g/mol. The van der Waals surface area contributed by atoms with Crippen molar-refractivity contribution >= 4 is 47.9 Å². The molecule has 1 aliphatic rings. The summed E-state index contributed by atoms with van der Waals surface area (Å²) >= 11 is 6.55. The largest absolute Gasteiger partial charge is 0.480 e. The molecule has 110 valence electrons. The second-order valence-electron chi connectivity index (χ2n) is 4.64. The van der Waals surface area contributed by atoms with Crippen LogP contribution in [0, 0.1) is 6.92 Å². The van der Waals surface area contributed by atoms with Gasteiger partial charge in [0.25, 0.3) is 0 Å². The summed E-state index contributed by atoms with van der Waals surface area (Å²) in [4.78, 5) is 11.3. The van der Waals surface area contributed by atoms with E-state index in [0.717, 1.165) is 9.87 Å². The van der Waals surface area contributed by atoms with Gasteiger partial charge in [-0.3, -0.25) is 4.79 Å². The van der Waals surface area contributed by atoms with Crippen LogP contribution in [0.15, 0.2) is 26.0 Å². The fourth-order valence-electron chi connectivity index (χ4n) is 2.23. The van der Waals surface area contributed by atoms with Crippen molar-refractivity contribution in [2.45, 2.75) is 30.7 Å². The van der Waals surface area contributed by atoms with E-state index in [4.69, 9.17) is 5.11 Å². The molecule has 1 saturated heterocycles. The topological polar surface area (TPSA) is 74.7 Å². The molecule has 0 aromatic heterocycles. The predicted molar refractivity (Wildman–Crippen MR) is 81.1 cm³/mol. The smallest absolute Gasteiger partial charge is 0.322 e. The van der Waals surface area contributed by atoms with Gasteiger partial charge < -0.3 is 5.11 Å². The summed E-state index contributed by atoms with van der Waals surface area (Å²) in [5.41, 5.74) is 0.895. The van der Waals surface area contributed by atoms with Crippen LogP contribution in [0.1, 0.15) is 18.4 Å². The van der Waals surface area contributed by atoms with Gasteiger partial charge in [-0.2, -0.15) is 4.31 Å². The average molecular weight is 427 g/mol. The van der Waals surface area contributed by atoms with E-state index < -0.39 is 22.0 Å². The highest BCUT2D eigenvalue weighted by Gasteiger charge is 2.40. The van der Waals surface area contributed by atoms with Gasteiger partial charge in [0.1, 0.15) is 6.04 Å². The molecule has 0 radical (unpaired) electrons. The van der Waals surface area contributed by atoms with Crippen LogP contribution in [0.25, 0.3) is 0 Å². The van der Waals surface area contributed by atoms with Crippen LogP contribution >= 0.6 is 31.9 Å². The number of rotatable bonds is 3. The molecule has 0 amide bonds. The lowest BCUT2D eigenvalue weighted by molar-refractivity contribution is -0.140. The van der Waals surface area contributed by atoms with Gasteiger partial charge in [-0.1, -0.05) is 15.9 Å². The Morgan fingerprint density at radius 1 is 1.35 bits per heavy atom. The van der Waals surface area contributed by atoms with Crippen LogP contribution < -0.4 is 0 Å². The van der Waals surface area contributed by atoms with Crippen molar-refractivity contribution in [1.29, 1.82) is 0 Å². The first-order chi connectivity index (χ1) is 9.25. The monoisotopic (exact) mass is 425 g/mol. The molecule has 1 aliphatic heterocycles. The molecule has 1 heterocycles. The van der Waals surface area contributed by atoms with Gasteiger partial charge in [-0.25, -0.2) is 8.42 Å². The summed E-state index contributed by atoms with van der Waals surface area (Å²) in [6, 6.07) is 2.22. The van der Waals surface area contributed by atoms with Crippen LogP contribution in [-0.4, -0.2) is 36.4 Å². The normalized spacial score (nSPS) is 20.2. The minimum absolute atomic E-state index is 0.0862. The van der Waals surface area contributed by atoms with E-state index in [9.17, 15) is 13.2 Å². The first-order valence-corrected chi connectivity index (χ1v) is 8.98. The van der Waals surface area contributed by atoms with E-state index in [1.54, 1.807) is 6.07 Å². The molecule has 0 bridgehead atoms. The Bertz CT molecular complexity index is 660. The highest BCUT2D eigenvalue weighted by atomic mass is 79.9. The van der Waals surface area contributed by atoms with Crippen molar-refractivity contribution in [3.05, 3.63) is 26.6 Å². The van der Waals surface area contributed by atoms with E-state index in [2.05, 4.69) is 31.9 Å². The van der Waals surface area contributed by atoms with Crippen LogP contribution in [-0.2, 0) is 14.8 Å². The molecule has 1 fully saturated rings. The van der Waals surface area contributed by atoms with Crippen LogP contribution in [0.5, 0.6) is 0 Å². The van der Waals surface area contributed by atoms with Crippen molar-refractivity contribution in [3.63, 3.8) is 0 Å². The molecule has 1 aromatic rings. The number of aryl methyl sites for hydroxylation is 1. The number of carbonyl (C=O) groups is 1. The zero-order valence-electron chi connectivity index (χ0n) is 10.6. The van der Waals surface area contributed by atoms with Crippen LogP contribution in [0.3, 0.4) is 0 Å². The molecule has 0 aliphatic carbocycles. The number of benzene rings is 1. The van der Waals surface area contributed by atoms with E-state index in [1.165, 1.54) is 6.07 Å². The molecule has 0 saturated carbocycles. The predicted octanol–water partition coefficient (Wildman–Crippen LogP) is 2.76. The number of nitrogens with zero attached hydrogens (tertiary/aromatic N) is 1. The molecule has 1 aromatic carbocycles. The van der Waals surface area contributed by atoms with E-state index in [0.29, 0.717) is 21.8 Å². The van der Waals surface area contributed by atoms with Gasteiger partial charge in [0.2, 0.25) is 10.0 Å². The van der Waals surface area contributed by atoms with Gasteiger partial charge in [0.05, 0.1) is 4.90 Å². The lowest BCUT2D eigenvalue weighted by Crippen LogP contribution is -2.40. The molecule has 0 unspecified atom stereocenters. The summed E-state index contributed by atoms with van der Waals surface area (Å²) in [6.45, 7) is 2.08. The standard InChI is InChI=1S/C12H13Br2NO4S/c1-7-5-9(14)11(6-8(7)13)20(18,19)15-4-2-3-10(15)12(16)17/h5-6,10H,2-4H2,1H3,(H,16,17)/t10-/m0/s1. The molecular formula is C12H13Br2NO4S. The van der Waals surface area contributed by atoms with E-state index in [1.807, 2.05) is 6.92 Å². The second kappa shape index (κ2) is 5.75. The number of aliphatic carboxylic acids is 1. The molecule has 8 heteroatoms. The Morgan fingerprint density at radius 2 is 2.00 bits per heavy atom. The highest BCUT2D eigenvalue weighted by Crippen LogP contribution is 2.33. The molecule has 5 nitrogen and oxygen atoms in total. The van der Waals surface area contributed by atoms with Gasteiger partial charge >= 0.3 is 5.97 Å². The minimum atomic E-state index is -3.83. The maximum Gasteiger partial charge on any atom is 0.322 e. The lowest BCUT2D eigenvalue weighted by Gasteiger charge is -2.22. The summed E-state index contributed by atoms with van der Waals surface area (Å²) in [6.07, 6.45) is 0.903. The number of carboxylic acid groups (broad SMARTS) is 1. The maximum atomic E-state index is 12.6. The zero-order chi connectivity index (χ0) is 15.1. The van der Waals surface area contributed by atoms with Gasteiger partial charge in [-0.05, 0) is 53.4 Å². The van der Waals surface area contributed by atoms with Crippen molar-refractivity contribution in [2.75, 3.05) is 6.54 Å². The molecule has 0 spiro atoms. The third kappa shape index (κ3) is 2.79. The third-order valence-corrected chi connectivity index (χ3v) is 7.01. The number of sulfonamides is 1. The SMILES string of the molecule is Cc1cc(Br)c(S(=O)(=O)N2CCC[C@H]2C(=O)O)cc1Br. The summed E-state index contributed by atoms with van der Waals surface area (Å²) in [7, 11) is -3.83. The van der Waals surface area contributed by atoms with Crippen LogP contribution in [0.4, 0.5) is 0 Å². The molecule has 20 heavy (non-hydrogen) atoms. The van der Waals surface area contributed by atoms with Crippen molar-refractivity contribution < 1.29 is 18.3 Å². The molecule has 1 N–H and O–H groups in total. The number of carboxylic acids is 1. The van der Waals surface area contributed by atoms with E-state index >= 15 is 0 Å². The maximum absolute atomic E-state index is 12.6. The Balaban J connectivity index is 2.50. The second-order valence-corrected chi connectivity index (χ2v) is 8.21. The van der Waals surface area contributed by atoms with Crippen LogP contribution in [0.2, 0.25) is 0 Å². The summed E-state index contributed by atoms with van der Waals surface area (Å²) in [5.74, 6) is -1.10. The first kappa shape index (κ1) is 15.9. The molecule has 1 atom stereocenters. The minimum Gasteiger partial charge on any atom is -0.480 e. The lowest BCUT2D eigenvalue weighted by atomic mass is 10.2. The number of hydrogen-bond donors (Lipinski definition) is 1. The van der Waals surface area contributed by atoms with Gasteiger partial charge in [-0.15, -0.1) is 0 Å². The number of hydrogen-bond acceptors (Lipinski definition) is 3. The van der Waals surface area contributed by atoms with Gasteiger partial charge in [0.15, 0.2) is 0 Å². The molecule has 2 rings (SSSR count). The third-order valence-electron chi connectivity index (χ3n) is 3.29. The quantitative estimate of drug-likeness (QED) is 0.806. The Kier molecular flexibility index (Phi) is 4.58. The Morgan fingerprint density at radius 3 is 2.60 bits per heavy atom. The fraction of sp³-hybridized carbons (Fsp3) is 0.417. The van der Waals surface area contributed by atoms with E-state index in [-0.39, 0.29) is 11.4 Å². The summed E-state index contributed by atoms with van der Waals surface area (Å²) < 4.78 is 27.5. The number of halogens is 2. The Labute approximate surface area is 134 Å². The Hall–Kier alpha value is -0.440. The summed E-state index contributed by atoms with van der Waals surface area (Å²) in [5, 5.41) is 9.13. The van der Waals surface area contributed by atoms with Gasteiger partial charge in [0, 0.05) is 15.5 Å². The fourth-order valence-corrected chi connectivity index (χ4v) is 5.52. The van der Waals surface area contributed by atoms with Crippen molar-refractivity contribution in [1.82, 2.24) is 4.31 Å². The highest BCUT2D eigenvalue weighted by molar-refractivity contribution is 9.11. The van der Waals surface area contributed by atoms with Crippen molar-refractivity contribution in [3.8, 4) is 0 Å². The van der Waals surface area contributed by atoms with Crippen molar-refractivity contribution in [2.24, 2.45) is 0 Å². The first-order valence-electron chi connectivity index (χ1n) is 5.95.